The number of carboxylic acid groups (broad SMARTS) is 1. The Kier molecular flexibility index (Phi) is 5.08. The van der Waals surface area contributed by atoms with E-state index in [-0.39, 0.29) is 0 Å². The van der Waals surface area contributed by atoms with Gasteiger partial charge in [-0.25, -0.2) is 4.98 Å². The van der Waals surface area contributed by atoms with Gasteiger partial charge in [0.2, 0.25) is 0 Å². The van der Waals surface area contributed by atoms with Crippen LogP contribution >= 0.6 is 11.3 Å². The summed E-state index contributed by atoms with van der Waals surface area (Å²) >= 11 is 1.61. The number of benzene rings is 3. The van der Waals surface area contributed by atoms with Crippen molar-refractivity contribution in [3.05, 3.63) is 83.4 Å². The van der Waals surface area contributed by atoms with E-state index in [1.54, 1.807) is 18.3 Å². The molecule has 0 amide bonds. The average Bonchev–Trinajstić information content (AvgIpc) is 3.21. The van der Waals surface area contributed by atoms with E-state index in [1.807, 2.05) is 72.1 Å². The summed E-state index contributed by atoms with van der Waals surface area (Å²) in [6, 6.07) is 21.6. The summed E-state index contributed by atoms with van der Waals surface area (Å²) in [6.45, 7) is 2.10. The van der Waals surface area contributed by atoms with Crippen molar-refractivity contribution in [3.8, 4) is 16.3 Å². The Morgan fingerprint density at radius 1 is 1.07 bits per heavy atom. The van der Waals surface area contributed by atoms with Crippen molar-refractivity contribution in [1.29, 1.82) is 0 Å². The van der Waals surface area contributed by atoms with Crippen LogP contribution in [-0.2, 0) is 11.4 Å². The third-order valence-corrected chi connectivity index (χ3v) is 5.61. The molecule has 0 fully saturated rings. The van der Waals surface area contributed by atoms with E-state index in [2.05, 4.69) is 4.98 Å². The largest absolute Gasteiger partial charge is 0.487 e. The number of aliphatic carboxylic acids is 1. The number of hydrogen-bond donors (Lipinski definition) is 1. The van der Waals surface area contributed by atoms with Crippen molar-refractivity contribution in [1.82, 2.24) is 4.98 Å². The molecule has 4 nitrogen and oxygen atoms in total. The second kappa shape index (κ2) is 7.82. The Morgan fingerprint density at radius 2 is 1.82 bits per heavy atom. The summed E-state index contributed by atoms with van der Waals surface area (Å²) < 4.78 is 5.92. The van der Waals surface area contributed by atoms with Crippen molar-refractivity contribution < 1.29 is 14.6 Å². The van der Waals surface area contributed by atoms with Crippen LogP contribution in [0.1, 0.15) is 24.1 Å². The summed E-state index contributed by atoms with van der Waals surface area (Å²) in [5, 5.41) is 14.2. The lowest BCUT2D eigenvalue weighted by molar-refractivity contribution is -0.138. The molecular weight excluding hydrogens is 370 g/mol. The number of fused-ring (bicyclic) bond motifs is 1. The van der Waals surface area contributed by atoms with Crippen molar-refractivity contribution in [2.24, 2.45) is 0 Å². The van der Waals surface area contributed by atoms with Gasteiger partial charge >= 0.3 is 5.97 Å². The lowest BCUT2D eigenvalue weighted by Crippen LogP contribution is -2.07. The molecule has 3 aromatic carbocycles. The molecule has 0 aliphatic carbocycles. The molecule has 0 aliphatic rings. The molecule has 1 N–H and O–H groups in total. The first-order chi connectivity index (χ1) is 13.6. The third-order valence-electron chi connectivity index (χ3n) is 4.67. The van der Waals surface area contributed by atoms with Gasteiger partial charge in [0.15, 0.2) is 0 Å². The molecule has 0 aliphatic heterocycles. The first-order valence-electron chi connectivity index (χ1n) is 8.99. The smallest absolute Gasteiger partial charge is 0.310 e. The van der Waals surface area contributed by atoms with Crippen LogP contribution in [0.25, 0.3) is 21.3 Å². The molecule has 1 aromatic heterocycles. The van der Waals surface area contributed by atoms with Crippen LogP contribution in [0.3, 0.4) is 0 Å². The standard InChI is InChI=1S/C23H19NO3S/c1-15(23(25)26)17-7-8-19-12-21(10-9-18(19)11-17)27-13-20-14-28-22(24-20)16-5-3-2-4-6-16/h2-12,14-15H,13H2,1H3,(H,25,26). The first kappa shape index (κ1) is 18.2. The minimum atomic E-state index is -0.822. The maximum Gasteiger partial charge on any atom is 0.310 e. The molecule has 0 spiro atoms. The predicted molar refractivity (Wildman–Crippen MR) is 112 cm³/mol. The minimum Gasteiger partial charge on any atom is -0.487 e. The molecule has 0 radical (unpaired) electrons. The third kappa shape index (κ3) is 3.89. The molecule has 0 saturated carbocycles. The predicted octanol–water partition coefficient (Wildman–Crippen LogP) is 5.73. The Labute approximate surface area is 167 Å². The number of hydrogen-bond acceptors (Lipinski definition) is 4. The van der Waals surface area contributed by atoms with Crippen LogP contribution in [0.2, 0.25) is 0 Å². The number of aromatic nitrogens is 1. The van der Waals surface area contributed by atoms with Gasteiger partial charge in [-0.3, -0.25) is 4.79 Å². The van der Waals surface area contributed by atoms with Gasteiger partial charge in [-0.05, 0) is 35.4 Å². The molecule has 5 heteroatoms. The molecule has 140 valence electrons. The zero-order valence-corrected chi connectivity index (χ0v) is 16.1. The summed E-state index contributed by atoms with van der Waals surface area (Å²) in [6.07, 6.45) is 0. The van der Waals surface area contributed by atoms with Crippen molar-refractivity contribution in [2.75, 3.05) is 0 Å². The molecule has 1 heterocycles. The van der Waals surface area contributed by atoms with E-state index < -0.39 is 11.9 Å². The second-order valence-corrected chi connectivity index (χ2v) is 7.49. The highest BCUT2D eigenvalue weighted by Crippen LogP contribution is 2.27. The molecule has 1 atom stereocenters. The van der Waals surface area contributed by atoms with E-state index >= 15 is 0 Å². The van der Waals surface area contributed by atoms with Crippen LogP contribution in [-0.4, -0.2) is 16.1 Å². The van der Waals surface area contributed by atoms with Gasteiger partial charge in [0.1, 0.15) is 17.4 Å². The number of nitrogens with zero attached hydrogens (tertiary/aromatic N) is 1. The first-order valence-corrected chi connectivity index (χ1v) is 9.87. The van der Waals surface area contributed by atoms with Crippen LogP contribution < -0.4 is 4.74 Å². The summed E-state index contributed by atoms with van der Waals surface area (Å²) in [4.78, 5) is 15.8. The fraction of sp³-hybridized carbons (Fsp3) is 0.130. The van der Waals surface area contributed by atoms with E-state index in [0.29, 0.717) is 6.61 Å². The highest BCUT2D eigenvalue weighted by atomic mass is 32.1. The Balaban J connectivity index is 1.47. The quantitative estimate of drug-likeness (QED) is 0.457. The van der Waals surface area contributed by atoms with Gasteiger partial charge in [0.25, 0.3) is 0 Å². The number of ether oxygens (including phenoxy) is 1. The SMILES string of the molecule is CC(C(=O)O)c1ccc2cc(OCc3csc(-c4ccccc4)n3)ccc2c1. The molecular formula is C23H19NO3S. The van der Waals surface area contributed by atoms with Crippen molar-refractivity contribution in [3.63, 3.8) is 0 Å². The van der Waals surface area contributed by atoms with Crippen LogP contribution in [0.4, 0.5) is 0 Å². The van der Waals surface area contributed by atoms with E-state index in [1.165, 1.54) is 0 Å². The molecule has 0 saturated heterocycles. The maximum atomic E-state index is 11.2. The minimum absolute atomic E-state index is 0.406. The zero-order chi connectivity index (χ0) is 19.5. The fourth-order valence-corrected chi connectivity index (χ4v) is 3.80. The summed E-state index contributed by atoms with van der Waals surface area (Å²) in [5.74, 6) is -0.581. The second-order valence-electron chi connectivity index (χ2n) is 6.63. The summed E-state index contributed by atoms with van der Waals surface area (Å²) in [5.41, 5.74) is 2.80. The molecule has 4 aromatic rings. The Morgan fingerprint density at radius 3 is 2.61 bits per heavy atom. The normalized spacial score (nSPS) is 12.0. The molecule has 4 rings (SSSR count). The lowest BCUT2D eigenvalue weighted by Gasteiger charge is -2.09. The highest BCUT2D eigenvalue weighted by molar-refractivity contribution is 7.13. The van der Waals surface area contributed by atoms with E-state index in [4.69, 9.17) is 4.74 Å². The Hall–Kier alpha value is -3.18. The summed E-state index contributed by atoms with van der Waals surface area (Å²) in [7, 11) is 0. The van der Waals surface area contributed by atoms with Crippen molar-refractivity contribution in [2.45, 2.75) is 19.4 Å². The van der Waals surface area contributed by atoms with Gasteiger partial charge in [0, 0.05) is 10.9 Å². The van der Waals surface area contributed by atoms with Crippen molar-refractivity contribution >= 4 is 28.1 Å². The maximum absolute atomic E-state index is 11.2. The lowest BCUT2D eigenvalue weighted by atomic mass is 9.98. The van der Waals surface area contributed by atoms with Crippen LogP contribution in [0.15, 0.2) is 72.1 Å². The molecule has 28 heavy (non-hydrogen) atoms. The fourth-order valence-electron chi connectivity index (χ4n) is 2.99. The zero-order valence-electron chi connectivity index (χ0n) is 15.3. The van der Waals surface area contributed by atoms with Gasteiger partial charge in [-0.15, -0.1) is 11.3 Å². The molecule has 0 bridgehead atoms. The number of carboxylic acids is 1. The topological polar surface area (TPSA) is 59.4 Å². The number of rotatable bonds is 6. The monoisotopic (exact) mass is 389 g/mol. The number of thiazole rings is 1. The van der Waals surface area contributed by atoms with Gasteiger partial charge in [-0.1, -0.05) is 54.6 Å². The van der Waals surface area contributed by atoms with Crippen LogP contribution in [0, 0.1) is 0 Å². The van der Waals surface area contributed by atoms with E-state index in [9.17, 15) is 9.90 Å². The highest BCUT2D eigenvalue weighted by Gasteiger charge is 2.14. The van der Waals surface area contributed by atoms with E-state index in [0.717, 1.165) is 38.4 Å². The van der Waals surface area contributed by atoms with Crippen LogP contribution in [0.5, 0.6) is 5.75 Å². The van der Waals surface area contributed by atoms with Gasteiger partial charge in [0.05, 0.1) is 11.6 Å². The average molecular weight is 389 g/mol. The molecule has 1 unspecified atom stereocenters. The van der Waals surface area contributed by atoms with Gasteiger partial charge < -0.3 is 9.84 Å². The number of carbonyl (C=O) groups is 1. The van der Waals surface area contributed by atoms with Gasteiger partial charge in [-0.2, -0.15) is 0 Å². The Bertz CT molecular complexity index is 1120.